The molecule has 423 valence electrons. The second kappa shape index (κ2) is 33.2. The molecule has 14 rings (SSSR count). The van der Waals surface area contributed by atoms with E-state index in [2.05, 4.69) is 155 Å². The number of rotatable bonds is 7. The van der Waals surface area contributed by atoms with E-state index in [-0.39, 0.29) is 60.3 Å². The van der Waals surface area contributed by atoms with Crippen molar-refractivity contribution in [1.29, 1.82) is 0 Å². The third-order valence-corrected chi connectivity index (χ3v) is 14.3. The van der Waals surface area contributed by atoms with Gasteiger partial charge in [0.05, 0.1) is 0 Å². The molecule has 0 saturated carbocycles. The van der Waals surface area contributed by atoms with Gasteiger partial charge in [-0.2, -0.15) is 11.3 Å². The van der Waals surface area contributed by atoms with Gasteiger partial charge < -0.3 is 24.9 Å². The van der Waals surface area contributed by atoms with Gasteiger partial charge in [0.15, 0.2) is 0 Å². The Morgan fingerprint density at radius 3 is 1.15 bits per heavy atom. The molecule has 6 aromatic heterocycles. The summed E-state index contributed by atoms with van der Waals surface area (Å²) in [6, 6.07) is 101. The van der Waals surface area contributed by atoms with Crippen LogP contribution in [-0.2, 0) is 60.3 Å². The summed E-state index contributed by atoms with van der Waals surface area (Å²) < 4.78 is 2.60. The predicted octanol–water partition coefficient (Wildman–Crippen LogP) is 19.4. The minimum absolute atomic E-state index is 0. The van der Waals surface area contributed by atoms with Crippen LogP contribution in [-0.4, -0.2) is 24.9 Å². The maximum atomic E-state index is 4.55. The Bertz CT molecular complexity index is 4060. The zero-order chi connectivity index (χ0) is 56.1. The standard InChI is InChI=1S/2C18H14N.C17H10NS.C12H10N.C11H8N.3Ir/c2*1-14-12-18(16-10-6-3-7-11-16)19-13-17(14)15-8-4-2-5-9-15;1-2-7-16-13(5-1)14-11-12(8-9-17(14)19-16)15-6-3-4-10-18-15;1-10-7-8-13-12(9-10)11-5-3-2-4-6-11;1-2-6-10(7-3-1)11-8-4-5-9-12-11;;;/h2*2-10,12-13H,1H3;1-7,9-11H;2-5,7-9H,1H3;1-6,8-9H;;;/q5*-1;;;. The van der Waals surface area contributed by atoms with Crippen molar-refractivity contribution < 1.29 is 60.3 Å². The first kappa shape index (κ1) is 64.2. The van der Waals surface area contributed by atoms with Gasteiger partial charge in [-0.1, -0.05) is 132 Å². The van der Waals surface area contributed by atoms with Crippen molar-refractivity contribution in [2.45, 2.75) is 20.8 Å². The largest absolute Gasteiger partial charge is 0.305 e. The molecule has 0 atom stereocenters. The van der Waals surface area contributed by atoms with Gasteiger partial charge in [-0.25, -0.2) is 0 Å². The van der Waals surface area contributed by atoms with Gasteiger partial charge >= 0.3 is 0 Å². The van der Waals surface area contributed by atoms with Crippen molar-refractivity contribution in [2.24, 2.45) is 0 Å². The van der Waals surface area contributed by atoms with Gasteiger partial charge in [0, 0.05) is 107 Å². The third-order valence-electron chi connectivity index (χ3n) is 13.2. The Hall–Kier alpha value is -8.32. The minimum atomic E-state index is 0. The van der Waals surface area contributed by atoms with Crippen molar-refractivity contribution in [1.82, 2.24) is 24.9 Å². The topological polar surface area (TPSA) is 64.5 Å². The number of hydrogen-bond acceptors (Lipinski definition) is 6. The molecule has 0 aliphatic rings. The van der Waals surface area contributed by atoms with E-state index >= 15 is 0 Å². The summed E-state index contributed by atoms with van der Waals surface area (Å²) in [5.41, 5.74) is 18.5. The molecule has 0 fully saturated rings. The molecule has 0 N–H and O–H groups in total. The van der Waals surface area contributed by atoms with Gasteiger partial charge in [-0.3, -0.25) is 0 Å². The third kappa shape index (κ3) is 17.9. The first-order valence-corrected chi connectivity index (χ1v) is 27.8. The molecule has 0 bridgehead atoms. The summed E-state index contributed by atoms with van der Waals surface area (Å²) in [5.74, 6) is 0. The summed E-state index contributed by atoms with van der Waals surface area (Å²) in [5, 5.41) is 2.61. The quantitative estimate of drug-likeness (QED) is 0.149. The summed E-state index contributed by atoms with van der Waals surface area (Å²) in [4.78, 5) is 22.0. The maximum absolute atomic E-state index is 4.55. The zero-order valence-corrected chi connectivity index (χ0v) is 54.8. The van der Waals surface area contributed by atoms with E-state index in [0.717, 1.165) is 56.3 Å². The van der Waals surface area contributed by atoms with Crippen LogP contribution in [0.4, 0.5) is 0 Å². The molecular formula is C76H56Ir3N5S-5. The minimum Gasteiger partial charge on any atom is -0.305 e. The Morgan fingerprint density at radius 1 is 0.306 bits per heavy atom. The summed E-state index contributed by atoms with van der Waals surface area (Å²) >= 11 is 1.81. The van der Waals surface area contributed by atoms with Crippen molar-refractivity contribution in [3.63, 3.8) is 0 Å². The predicted molar refractivity (Wildman–Crippen MR) is 341 cm³/mol. The molecule has 0 aliphatic carbocycles. The fourth-order valence-corrected chi connectivity index (χ4v) is 10.1. The number of hydrogen-bond donors (Lipinski definition) is 0. The Labute approximate surface area is 544 Å². The smallest absolute Gasteiger partial charge is 0.0242 e. The van der Waals surface area contributed by atoms with E-state index in [9.17, 15) is 0 Å². The molecule has 85 heavy (non-hydrogen) atoms. The molecule has 0 amide bonds. The first-order chi connectivity index (χ1) is 40.4. The molecule has 6 heterocycles. The van der Waals surface area contributed by atoms with Crippen LogP contribution in [0.2, 0.25) is 0 Å². The van der Waals surface area contributed by atoms with Crippen molar-refractivity contribution in [3.8, 4) is 78.5 Å². The zero-order valence-electron chi connectivity index (χ0n) is 46.8. The van der Waals surface area contributed by atoms with Crippen LogP contribution in [0.15, 0.2) is 286 Å². The molecule has 0 aliphatic heterocycles. The molecule has 0 unspecified atom stereocenters. The van der Waals surface area contributed by atoms with Gasteiger partial charge in [0.2, 0.25) is 0 Å². The van der Waals surface area contributed by atoms with E-state index in [1.807, 2.05) is 212 Å². The van der Waals surface area contributed by atoms with Crippen LogP contribution in [0.25, 0.3) is 98.7 Å². The molecule has 0 saturated heterocycles. The molecule has 14 aromatic rings. The van der Waals surface area contributed by atoms with Gasteiger partial charge in [0.25, 0.3) is 0 Å². The van der Waals surface area contributed by atoms with E-state index in [0.29, 0.717) is 0 Å². The number of nitrogens with zero attached hydrogens (tertiary/aromatic N) is 5. The molecule has 0 spiro atoms. The van der Waals surface area contributed by atoms with Gasteiger partial charge in [-0.05, 0) is 106 Å². The molecule has 9 heteroatoms. The molecule has 5 nitrogen and oxygen atoms in total. The first-order valence-electron chi connectivity index (χ1n) is 26.9. The fourth-order valence-electron chi connectivity index (χ4n) is 9.00. The second-order valence-electron chi connectivity index (χ2n) is 19.0. The average Bonchev–Trinajstić information content (AvgIpc) is 2.99. The van der Waals surface area contributed by atoms with Crippen LogP contribution in [0, 0.1) is 51.1 Å². The second-order valence-corrected chi connectivity index (χ2v) is 20.1. The number of aryl methyl sites for hydroxylation is 3. The Balaban J connectivity index is 0.000000153. The summed E-state index contributed by atoms with van der Waals surface area (Å²) in [7, 11) is 0. The average molecular weight is 1650 g/mol. The van der Waals surface area contributed by atoms with Crippen LogP contribution in [0.5, 0.6) is 0 Å². The molecule has 8 aromatic carbocycles. The summed E-state index contributed by atoms with van der Waals surface area (Å²) in [6.45, 7) is 6.31. The number of thiophene rings is 1. The van der Waals surface area contributed by atoms with Crippen molar-refractivity contribution in [2.75, 3.05) is 0 Å². The fraction of sp³-hybridized carbons (Fsp3) is 0.0395. The normalized spacial score (nSPS) is 10.0. The van der Waals surface area contributed by atoms with Crippen LogP contribution in [0.1, 0.15) is 16.7 Å². The maximum Gasteiger partial charge on any atom is 0.0242 e. The van der Waals surface area contributed by atoms with Crippen LogP contribution in [0.3, 0.4) is 0 Å². The SMILES string of the molecule is Cc1cc(-c2[c-]cccc2)ncc1-c1ccccc1.Cc1cc(-c2[c-]cccc2)ncc1-c1ccccc1.Cc1ccnc(-c2[c-]cccc2)c1.[Ir].[Ir].[Ir].[c-]1cc2sc3ccccc3c2cc1-c1ccccn1.[c-]1ccccc1-c1ccccn1. The molecule has 3 radical (unpaired) electrons. The Kier molecular flexibility index (Phi) is 25.1. The number of pyridine rings is 5. The monoisotopic (exact) mass is 1650 g/mol. The summed E-state index contributed by atoms with van der Waals surface area (Å²) in [6.07, 6.45) is 9.32. The van der Waals surface area contributed by atoms with Gasteiger partial charge in [-0.15, -0.1) is 167 Å². The van der Waals surface area contributed by atoms with E-state index in [4.69, 9.17) is 0 Å². The molecular weight excluding hydrogens is 1590 g/mol. The van der Waals surface area contributed by atoms with E-state index < -0.39 is 0 Å². The number of aromatic nitrogens is 5. The van der Waals surface area contributed by atoms with E-state index in [1.165, 1.54) is 59.1 Å². The van der Waals surface area contributed by atoms with Crippen molar-refractivity contribution >= 4 is 31.5 Å². The van der Waals surface area contributed by atoms with E-state index in [1.54, 1.807) is 6.20 Å². The number of fused-ring (bicyclic) bond motifs is 3. The van der Waals surface area contributed by atoms with Crippen LogP contribution >= 0.6 is 11.3 Å². The van der Waals surface area contributed by atoms with Crippen molar-refractivity contribution in [3.05, 3.63) is 333 Å². The van der Waals surface area contributed by atoms with Crippen LogP contribution < -0.4 is 0 Å². The van der Waals surface area contributed by atoms with Gasteiger partial charge in [0.1, 0.15) is 0 Å². The Morgan fingerprint density at radius 2 is 0.718 bits per heavy atom. The number of benzene rings is 8.